The number of hydrogen-bond acceptors (Lipinski definition) is 3. The van der Waals surface area contributed by atoms with Gasteiger partial charge in [-0.15, -0.1) is 0 Å². The third-order valence-corrected chi connectivity index (χ3v) is 2.26. The number of benzene rings is 1. The summed E-state index contributed by atoms with van der Waals surface area (Å²) in [4.78, 5) is 8.25. The lowest BCUT2D eigenvalue weighted by molar-refractivity contribution is 0.607. The topological polar surface area (TPSA) is 38.9 Å². The quantitative estimate of drug-likeness (QED) is 0.565. The maximum Gasteiger partial charge on any atom is 0.293 e. The predicted octanol–water partition coefficient (Wildman–Crippen LogP) is 3.03. The zero-order valence-electron chi connectivity index (χ0n) is 7.07. The van der Waals surface area contributed by atoms with Crippen LogP contribution in [0.2, 0.25) is 5.35 Å². The first-order chi connectivity index (χ1) is 6.84. The highest BCUT2D eigenvalue weighted by atomic mass is 35.5. The first kappa shape index (κ1) is 7.76. The highest BCUT2D eigenvalue weighted by Gasteiger charge is 2.07. The van der Waals surface area contributed by atoms with Gasteiger partial charge in [-0.2, -0.15) is 4.98 Å². The van der Waals surface area contributed by atoms with Gasteiger partial charge in [0.15, 0.2) is 5.58 Å². The fourth-order valence-corrected chi connectivity index (χ4v) is 1.67. The minimum atomic E-state index is 0.151. The molecule has 0 fully saturated rings. The van der Waals surface area contributed by atoms with E-state index in [2.05, 4.69) is 9.97 Å². The van der Waals surface area contributed by atoms with Crippen molar-refractivity contribution in [2.75, 3.05) is 0 Å². The van der Waals surface area contributed by atoms with Crippen LogP contribution in [0.3, 0.4) is 0 Å². The van der Waals surface area contributed by atoms with E-state index >= 15 is 0 Å². The van der Waals surface area contributed by atoms with Crippen molar-refractivity contribution in [2.45, 2.75) is 0 Å². The Kier molecular flexibility index (Phi) is 1.49. The number of nitrogens with zero attached hydrogens (tertiary/aromatic N) is 2. The number of pyridine rings is 1. The van der Waals surface area contributed by atoms with Crippen LogP contribution in [0.25, 0.3) is 22.0 Å². The summed E-state index contributed by atoms with van der Waals surface area (Å²) in [6.07, 6.45) is 1.72. The molecule has 0 aliphatic heterocycles. The molecule has 0 atom stereocenters. The zero-order chi connectivity index (χ0) is 9.54. The molecule has 0 aliphatic rings. The van der Waals surface area contributed by atoms with Gasteiger partial charge >= 0.3 is 0 Å². The fraction of sp³-hybridized carbons (Fsp3) is 0. The predicted molar refractivity (Wildman–Crippen MR) is 54.3 cm³/mol. The molecule has 0 saturated carbocycles. The number of aromatic nitrogens is 2. The molecular weight excluding hydrogens is 200 g/mol. The van der Waals surface area contributed by atoms with E-state index in [1.54, 1.807) is 6.20 Å². The molecule has 2 aromatic heterocycles. The van der Waals surface area contributed by atoms with Crippen LogP contribution in [-0.2, 0) is 0 Å². The molecule has 1 aromatic carbocycles. The summed E-state index contributed by atoms with van der Waals surface area (Å²) in [7, 11) is 0. The molecule has 3 aromatic rings. The molecule has 14 heavy (non-hydrogen) atoms. The first-order valence-corrected chi connectivity index (χ1v) is 4.52. The Morgan fingerprint density at radius 2 is 2.14 bits per heavy atom. The molecule has 4 heteroatoms. The molecule has 68 valence electrons. The van der Waals surface area contributed by atoms with Gasteiger partial charge in [-0.05, 0) is 23.7 Å². The van der Waals surface area contributed by atoms with Gasteiger partial charge in [0.2, 0.25) is 0 Å². The summed E-state index contributed by atoms with van der Waals surface area (Å²) in [6, 6.07) is 7.67. The molecule has 0 N–H and O–H groups in total. The molecule has 3 nitrogen and oxygen atoms in total. The van der Waals surface area contributed by atoms with Gasteiger partial charge in [0.05, 0.1) is 0 Å². The molecule has 0 radical (unpaired) electrons. The van der Waals surface area contributed by atoms with Gasteiger partial charge < -0.3 is 4.42 Å². The van der Waals surface area contributed by atoms with Gasteiger partial charge in [0.25, 0.3) is 5.35 Å². The molecular formula is C10H5ClN2O. The third kappa shape index (κ3) is 0.992. The van der Waals surface area contributed by atoms with Gasteiger partial charge in [-0.3, -0.25) is 4.98 Å². The number of hydrogen-bond donors (Lipinski definition) is 0. The van der Waals surface area contributed by atoms with Crippen molar-refractivity contribution in [3.63, 3.8) is 0 Å². The standard InChI is InChI=1S/C10H5ClN2O/c11-10-13-7-4-3-6-2-1-5-12-8(6)9(7)14-10/h1-5H. The van der Waals surface area contributed by atoms with E-state index in [0.29, 0.717) is 5.58 Å². The van der Waals surface area contributed by atoms with Crippen LogP contribution in [0, 0.1) is 0 Å². The van der Waals surface area contributed by atoms with E-state index in [1.807, 2.05) is 24.3 Å². The first-order valence-electron chi connectivity index (χ1n) is 4.14. The Morgan fingerprint density at radius 3 is 3.07 bits per heavy atom. The summed E-state index contributed by atoms with van der Waals surface area (Å²) < 4.78 is 5.27. The van der Waals surface area contributed by atoms with Crippen LogP contribution in [0.5, 0.6) is 0 Å². The summed E-state index contributed by atoms with van der Waals surface area (Å²) in [5.74, 6) is 0. The molecule has 0 spiro atoms. The summed E-state index contributed by atoms with van der Waals surface area (Å²) in [6.45, 7) is 0. The van der Waals surface area contributed by atoms with E-state index in [0.717, 1.165) is 16.4 Å². The van der Waals surface area contributed by atoms with Gasteiger partial charge in [0.1, 0.15) is 11.0 Å². The lowest BCUT2D eigenvalue weighted by Crippen LogP contribution is -1.77. The Bertz CT molecular complexity index is 618. The van der Waals surface area contributed by atoms with E-state index in [4.69, 9.17) is 16.0 Å². The van der Waals surface area contributed by atoms with Crippen molar-refractivity contribution in [1.82, 2.24) is 9.97 Å². The Balaban J connectivity index is 2.60. The van der Waals surface area contributed by atoms with Crippen LogP contribution < -0.4 is 0 Å². The lowest BCUT2D eigenvalue weighted by Gasteiger charge is -1.94. The maximum absolute atomic E-state index is 5.68. The second kappa shape index (κ2) is 2.69. The molecule has 0 bridgehead atoms. The molecule has 2 heterocycles. The summed E-state index contributed by atoms with van der Waals surface area (Å²) in [5.41, 5.74) is 2.18. The highest BCUT2D eigenvalue weighted by molar-refractivity contribution is 6.28. The van der Waals surface area contributed by atoms with Crippen LogP contribution >= 0.6 is 11.6 Å². The minimum absolute atomic E-state index is 0.151. The third-order valence-electron chi connectivity index (χ3n) is 2.10. The molecule has 0 amide bonds. The summed E-state index contributed by atoms with van der Waals surface area (Å²) >= 11 is 5.68. The van der Waals surface area contributed by atoms with E-state index in [-0.39, 0.29) is 5.35 Å². The Hall–Kier alpha value is -1.61. The van der Waals surface area contributed by atoms with Crippen molar-refractivity contribution < 1.29 is 4.42 Å². The number of halogens is 1. The smallest absolute Gasteiger partial charge is 0.293 e. The Labute approximate surface area is 84.3 Å². The van der Waals surface area contributed by atoms with Crippen molar-refractivity contribution in [3.8, 4) is 0 Å². The van der Waals surface area contributed by atoms with Crippen molar-refractivity contribution in [3.05, 3.63) is 35.8 Å². The second-order valence-electron chi connectivity index (χ2n) is 2.96. The molecule has 0 unspecified atom stereocenters. The molecule has 0 aliphatic carbocycles. The van der Waals surface area contributed by atoms with Crippen LogP contribution in [-0.4, -0.2) is 9.97 Å². The Morgan fingerprint density at radius 1 is 1.21 bits per heavy atom. The van der Waals surface area contributed by atoms with E-state index in [9.17, 15) is 0 Å². The number of oxazole rings is 1. The van der Waals surface area contributed by atoms with Crippen LogP contribution in [0.4, 0.5) is 0 Å². The SMILES string of the molecule is Clc1nc2ccc3cccnc3c2o1. The zero-order valence-corrected chi connectivity index (χ0v) is 7.82. The largest absolute Gasteiger partial charge is 0.425 e. The van der Waals surface area contributed by atoms with Gasteiger partial charge in [0, 0.05) is 11.6 Å². The highest BCUT2D eigenvalue weighted by Crippen LogP contribution is 2.25. The van der Waals surface area contributed by atoms with Gasteiger partial charge in [-0.1, -0.05) is 12.1 Å². The van der Waals surface area contributed by atoms with Gasteiger partial charge in [-0.25, -0.2) is 0 Å². The van der Waals surface area contributed by atoms with Crippen LogP contribution in [0.15, 0.2) is 34.9 Å². The van der Waals surface area contributed by atoms with Crippen molar-refractivity contribution in [1.29, 1.82) is 0 Å². The second-order valence-corrected chi connectivity index (χ2v) is 3.28. The van der Waals surface area contributed by atoms with E-state index < -0.39 is 0 Å². The normalized spacial score (nSPS) is 11.2. The number of fused-ring (bicyclic) bond motifs is 3. The van der Waals surface area contributed by atoms with Crippen molar-refractivity contribution in [2.24, 2.45) is 0 Å². The van der Waals surface area contributed by atoms with Crippen LogP contribution in [0.1, 0.15) is 0 Å². The lowest BCUT2D eigenvalue weighted by atomic mass is 10.2. The minimum Gasteiger partial charge on any atom is -0.425 e. The fourth-order valence-electron chi connectivity index (χ4n) is 1.50. The average molecular weight is 205 g/mol. The molecule has 0 saturated heterocycles. The molecule has 3 rings (SSSR count). The monoisotopic (exact) mass is 204 g/mol. The van der Waals surface area contributed by atoms with E-state index in [1.165, 1.54) is 0 Å². The summed E-state index contributed by atoms with van der Waals surface area (Å²) in [5, 5.41) is 1.17. The van der Waals surface area contributed by atoms with Crippen molar-refractivity contribution >= 4 is 33.6 Å². The average Bonchev–Trinajstić information content (AvgIpc) is 2.59. The maximum atomic E-state index is 5.68. The number of rotatable bonds is 0.